The van der Waals surface area contributed by atoms with E-state index in [-0.39, 0.29) is 18.4 Å². The zero-order valence-corrected chi connectivity index (χ0v) is 15.4. The number of nitrogens with zero attached hydrogens (tertiary/aromatic N) is 2. The van der Waals surface area contributed by atoms with Crippen LogP contribution in [0.15, 0.2) is 30.3 Å². The molecule has 1 aliphatic carbocycles. The van der Waals surface area contributed by atoms with Crippen molar-refractivity contribution >= 4 is 5.91 Å². The molecule has 0 spiro atoms. The van der Waals surface area contributed by atoms with Crippen molar-refractivity contribution < 1.29 is 18.0 Å². The maximum atomic E-state index is 13.2. The van der Waals surface area contributed by atoms with Crippen molar-refractivity contribution in [3.63, 3.8) is 0 Å². The molecule has 1 heterocycles. The summed E-state index contributed by atoms with van der Waals surface area (Å²) >= 11 is 0. The molecule has 1 aliphatic rings. The SMILES string of the molecule is CC(NC(=O)CCCn1nc(C(F)(F)F)c2c1CCCC2)c1ccccc1. The fourth-order valence-corrected chi connectivity index (χ4v) is 3.61. The molecular weight excluding hydrogens is 355 g/mol. The minimum atomic E-state index is -4.42. The van der Waals surface area contributed by atoms with Gasteiger partial charge in [0.15, 0.2) is 5.69 Å². The molecular formula is C20H24F3N3O. The molecule has 1 unspecified atom stereocenters. The van der Waals surface area contributed by atoms with Crippen LogP contribution in [0.5, 0.6) is 0 Å². The Morgan fingerprint density at radius 1 is 1.22 bits per heavy atom. The zero-order chi connectivity index (χ0) is 19.4. The molecule has 1 aromatic heterocycles. The van der Waals surface area contributed by atoms with Crippen molar-refractivity contribution in [2.45, 2.75) is 64.2 Å². The van der Waals surface area contributed by atoms with Crippen molar-refractivity contribution in [2.24, 2.45) is 0 Å². The molecule has 27 heavy (non-hydrogen) atoms. The molecule has 1 aromatic carbocycles. The van der Waals surface area contributed by atoms with E-state index >= 15 is 0 Å². The molecule has 1 amide bonds. The minimum absolute atomic E-state index is 0.104. The molecule has 0 bridgehead atoms. The van der Waals surface area contributed by atoms with Gasteiger partial charge in [-0.3, -0.25) is 9.48 Å². The van der Waals surface area contributed by atoms with Gasteiger partial charge < -0.3 is 5.32 Å². The van der Waals surface area contributed by atoms with Gasteiger partial charge in [0, 0.05) is 24.2 Å². The van der Waals surface area contributed by atoms with Crippen molar-refractivity contribution in [3.05, 3.63) is 52.8 Å². The number of amides is 1. The van der Waals surface area contributed by atoms with Crippen LogP contribution < -0.4 is 5.32 Å². The summed E-state index contributed by atoms with van der Waals surface area (Å²) in [5.41, 5.74) is 1.30. The van der Waals surface area contributed by atoms with Gasteiger partial charge in [-0.1, -0.05) is 30.3 Å². The highest BCUT2D eigenvalue weighted by atomic mass is 19.4. The number of alkyl halides is 3. The van der Waals surface area contributed by atoms with Gasteiger partial charge in [-0.2, -0.15) is 18.3 Å². The van der Waals surface area contributed by atoms with Gasteiger partial charge in [0.1, 0.15) is 0 Å². The van der Waals surface area contributed by atoms with Crippen LogP contribution in [0, 0.1) is 0 Å². The van der Waals surface area contributed by atoms with E-state index in [1.165, 1.54) is 4.68 Å². The third kappa shape index (κ3) is 4.70. The number of hydrogen-bond donors (Lipinski definition) is 1. The number of nitrogens with one attached hydrogen (secondary N) is 1. The van der Waals surface area contributed by atoms with Gasteiger partial charge in [0.25, 0.3) is 0 Å². The number of carbonyl (C=O) groups is 1. The summed E-state index contributed by atoms with van der Waals surface area (Å²) in [6, 6.07) is 9.53. The van der Waals surface area contributed by atoms with Crippen LogP contribution >= 0.6 is 0 Å². The lowest BCUT2D eigenvalue weighted by Crippen LogP contribution is -2.26. The summed E-state index contributed by atoms with van der Waals surface area (Å²) in [6.45, 7) is 2.23. The van der Waals surface area contributed by atoms with Crippen LogP contribution in [-0.2, 0) is 30.4 Å². The lowest BCUT2D eigenvalue weighted by Gasteiger charge is -2.15. The van der Waals surface area contributed by atoms with E-state index in [9.17, 15) is 18.0 Å². The van der Waals surface area contributed by atoms with Crippen molar-refractivity contribution in [1.82, 2.24) is 15.1 Å². The third-order valence-corrected chi connectivity index (χ3v) is 4.98. The third-order valence-electron chi connectivity index (χ3n) is 4.98. The first-order valence-electron chi connectivity index (χ1n) is 9.36. The van der Waals surface area contributed by atoms with E-state index in [1.54, 1.807) is 0 Å². The highest BCUT2D eigenvalue weighted by Crippen LogP contribution is 2.35. The molecule has 2 aromatic rings. The Morgan fingerprint density at radius 3 is 2.63 bits per heavy atom. The largest absolute Gasteiger partial charge is 0.435 e. The van der Waals surface area contributed by atoms with E-state index < -0.39 is 11.9 Å². The zero-order valence-electron chi connectivity index (χ0n) is 15.4. The number of halogens is 3. The van der Waals surface area contributed by atoms with Gasteiger partial charge in [-0.05, 0) is 44.6 Å². The Hall–Kier alpha value is -2.31. The lowest BCUT2D eigenvalue weighted by atomic mass is 9.95. The molecule has 1 atom stereocenters. The maximum absolute atomic E-state index is 13.2. The Balaban J connectivity index is 1.57. The summed E-state index contributed by atoms with van der Waals surface area (Å²) in [5.74, 6) is -0.108. The first kappa shape index (κ1) is 19.5. The second-order valence-corrected chi connectivity index (χ2v) is 7.01. The molecule has 0 saturated carbocycles. The molecule has 0 saturated heterocycles. The van der Waals surface area contributed by atoms with Crippen LogP contribution in [0.1, 0.15) is 61.2 Å². The number of fused-ring (bicyclic) bond motifs is 1. The van der Waals surface area contributed by atoms with Crippen LogP contribution in [-0.4, -0.2) is 15.7 Å². The van der Waals surface area contributed by atoms with Crippen molar-refractivity contribution in [3.8, 4) is 0 Å². The van der Waals surface area contributed by atoms with Crippen LogP contribution in [0.25, 0.3) is 0 Å². The highest BCUT2D eigenvalue weighted by molar-refractivity contribution is 5.76. The van der Waals surface area contributed by atoms with Gasteiger partial charge in [0.2, 0.25) is 5.91 Å². The molecule has 1 N–H and O–H groups in total. The molecule has 0 aliphatic heterocycles. The van der Waals surface area contributed by atoms with Gasteiger partial charge in [-0.15, -0.1) is 0 Å². The predicted molar refractivity (Wildman–Crippen MR) is 96.1 cm³/mol. The summed E-state index contributed by atoms with van der Waals surface area (Å²) in [6.07, 6.45) is -1.01. The predicted octanol–water partition coefficient (Wildman–Crippen LogP) is 4.44. The monoisotopic (exact) mass is 379 g/mol. The van der Waals surface area contributed by atoms with E-state index in [0.29, 0.717) is 37.1 Å². The summed E-state index contributed by atoms with van der Waals surface area (Å²) in [4.78, 5) is 12.1. The van der Waals surface area contributed by atoms with Crippen LogP contribution in [0.2, 0.25) is 0 Å². The quantitative estimate of drug-likeness (QED) is 0.807. The first-order chi connectivity index (χ1) is 12.9. The topological polar surface area (TPSA) is 46.9 Å². The average Bonchev–Trinajstić information content (AvgIpc) is 3.02. The summed E-state index contributed by atoms with van der Waals surface area (Å²) < 4.78 is 41.1. The number of aromatic nitrogens is 2. The smallest absolute Gasteiger partial charge is 0.350 e. The van der Waals surface area contributed by atoms with E-state index in [2.05, 4.69) is 10.4 Å². The number of hydrogen-bond acceptors (Lipinski definition) is 2. The molecule has 3 rings (SSSR count). The molecule has 0 fully saturated rings. The highest BCUT2D eigenvalue weighted by Gasteiger charge is 2.39. The van der Waals surface area contributed by atoms with E-state index in [1.807, 2.05) is 37.3 Å². The Labute approximate surface area is 156 Å². The van der Waals surface area contributed by atoms with Crippen molar-refractivity contribution in [1.29, 1.82) is 0 Å². The van der Waals surface area contributed by atoms with Gasteiger partial charge in [-0.25, -0.2) is 0 Å². The Morgan fingerprint density at radius 2 is 1.93 bits per heavy atom. The second-order valence-electron chi connectivity index (χ2n) is 7.01. The lowest BCUT2D eigenvalue weighted by molar-refractivity contribution is -0.142. The van der Waals surface area contributed by atoms with Crippen molar-refractivity contribution in [2.75, 3.05) is 0 Å². The number of aryl methyl sites for hydroxylation is 1. The number of rotatable bonds is 6. The number of carbonyl (C=O) groups excluding carboxylic acids is 1. The van der Waals surface area contributed by atoms with E-state index in [0.717, 1.165) is 18.4 Å². The Kier molecular flexibility index (Phi) is 5.87. The fraction of sp³-hybridized carbons (Fsp3) is 0.500. The van der Waals surface area contributed by atoms with Gasteiger partial charge in [0.05, 0.1) is 6.04 Å². The normalized spacial score (nSPS) is 15.3. The molecule has 0 radical (unpaired) electrons. The molecule has 7 heteroatoms. The fourth-order valence-electron chi connectivity index (χ4n) is 3.61. The summed E-state index contributed by atoms with van der Waals surface area (Å²) in [5, 5.41) is 6.75. The number of benzene rings is 1. The second kappa shape index (κ2) is 8.15. The van der Waals surface area contributed by atoms with Crippen LogP contribution in [0.3, 0.4) is 0 Å². The molecule has 146 valence electrons. The maximum Gasteiger partial charge on any atom is 0.435 e. The summed E-state index contributed by atoms with van der Waals surface area (Å²) in [7, 11) is 0. The van der Waals surface area contributed by atoms with Crippen LogP contribution in [0.4, 0.5) is 13.2 Å². The standard InChI is InChI=1S/C20H24F3N3O/c1-14(15-8-3-2-4-9-15)24-18(27)12-7-13-26-17-11-6-5-10-16(17)19(25-26)20(21,22)23/h2-4,8-9,14H,5-7,10-13H2,1H3,(H,24,27). The minimum Gasteiger partial charge on any atom is -0.350 e. The average molecular weight is 379 g/mol. The molecule has 4 nitrogen and oxygen atoms in total. The Bertz CT molecular complexity index is 784. The van der Waals surface area contributed by atoms with Gasteiger partial charge >= 0.3 is 6.18 Å². The first-order valence-corrected chi connectivity index (χ1v) is 9.36. The van der Waals surface area contributed by atoms with E-state index in [4.69, 9.17) is 0 Å².